The summed E-state index contributed by atoms with van der Waals surface area (Å²) < 4.78 is 5.89. The van der Waals surface area contributed by atoms with Crippen molar-refractivity contribution in [2.24, 2.45) is 17.3 Å². The number of ether oxygens (including phenoxy) is 1. The van der Waals surface area contributed by atoms with Gasteiger partial charge in [-0.15, -0.1) is 0 Å². The molecule has 2 heteroatoms. The summed E-state index contributed by atoms with van der Waals surface area (Å²) in [5.41, 5.74) is 1.90. The van der Waals surface area contributed by atoms with E-state index in [1.165, 1.54) is 37.7 Å². The molecule has 3 rings (SSSR count). The molecule has 0 aromatic carbocycles. The summed E-state index contributed by atoms with van der Waals surface area (Å²) in [5, 5.41) is 0. The Balaban J connectivity index is 1.83. The van der Waals surface area contributed by atoms with E-state index in [-0.39, 0.29) is 5.60 Å². The largest absolute Gasteiger partial charge is 0.366 e. The second-order valence-electron chi connectivity index (χ2n) is 7.11. The van der Waals surface area contributed by atoms with E-state index in [0.29, 0.717) is 17.4 Å². The molecule has 1 aliphatic heterocycles. The number of carbonyl (C=O) groups is 1. The summed E-state index contributed by atoms with van der Waals surface area (Å²) >= 11 is 0. The zero-order valence-corrected chi connectivity index (χ0v) is 11.7. The fourth-order valence-corrected chi connectivity index (χ4v) is 4.57. The number of fused-ring (bicyclic) bond motifs is 2. The Morgan fingerprint density at radius 2 is 2.06 bits per heavy atom. The van der Waals surface area contributed by atoms with Gasteiger partial charge in [-0.1, -0.05) is 12.5 Å². The maximum absolute atomic E-state index is 10.7. The summed E-state index contributed by atoms with van der Waals surface area (Å²) in [6.45, 7) is 6.85. The van der Waals surface area contributed by atoms with E-state index in [2.05, 4.69) is 20.8 Å². The van der Waals surface area contributed by atoms with Gasteiger partial charge in [0.1, 0.15) is 6.29 Å². The molecule has 1 saturated heterocycles. The summed E-state index contributed by atoms with van der Waals surface area (Å²) in [6.07, 6.45) is 9.45. The first-order valence-electron chi connectivity index (χ1n) is 7.28. The fourth-order valence-electron chi connectivity index (χ4n) is 4.57. The van der Waals surface area contributed by atoms with E-state index in [9.17, 15) is 4.79 Å². The van der Waals surface area contributed by atoms with Crippen molar-refractivity contribution in [1.82, 2.24) is 0 Å². The predicted octanol–water partition coefficient (Wildman–Crippen LogP) is 3.51. The van der Waals surface area contributed by atoms with Crippen LogP contribution in [-0.4, -0.2) is 18.0 Å². The van der Waals surface area contributed by atoms with Crippen molar-refractivity contribution in [2.75, 3.05) is 0 Å². The van der Waals surface area contributed by atoms with Gasteiger partial charge in [0.25, 0.3) is 0 Å². The van der Waals surface area contributed by atoms with Gasteiger partial charge in [0, 0.05) is 0 Å². The molecule has 1 heterocycles. The Labute approximate surface area is 110 Å². The maximum atomic E-state index is 10.7. The van der Waals surface area contributed by atoms with Crippen molar-refractivity contribution >= 4 is 6.29 Å². The molecular weight excluding hydrogens is 224 g/mol. The minimum atomic E-state index is 0.181. The lowest BCUT2D eigenvalue weighted by atomic mass is 9.72. The van der Waals surface area contributed by atoms with Crippen LogP contribution in [0.15, 0.2) is 11.6 Å². The van der Waals surface area contributed by atoms with Gasteiger partial charge in [-0.3, -0.25) is 4.79 Å². The van der Waals surface area contributed by atoms with E-state index in [4.69, 9.17) is 4.74 Å². The molecule has 18 heavy (non-hydrogen) atoms. The molecule has 0 unspecified atom stereocenters. The summed E-state index contributed by atoms with van der Waals surface area (Å²) in [6, 6.07) is 0. The van der Waals surface area contributed by atoms with Crippen LogP contribution < -0.4 is 0 Å². The lowest BCUT2D eigenvalue weighted by molar-refractivity contribution is -0.104. The van der Waals surface area contributed by atoms with Crippen molar-refractivity contribution in [3.63, 3.8) is 0 Å². The third-order valence-corrected chi connectivity index (χ3v) is 5.96. The van der Waals surface area contributed by atoms with Gasteiger partial charge in [0.15, 0.2) is 0 Å². The molecule has 3 fully saturated rings. The van der Waals surface area contributed by atoms with E-state index < -0.39 is 0 Å². The molecule has 0 spiro atoms. The van der Waals surface area contributed by atoms with Crippen molar-refractivity contribution < 1.29 is 9.53 Å². The topological polar surface area (TPSA) is 29.6 Å². The van der Waals surface area contributed by atoms with Crippen molar-refractivity contribution in [3.8, 4) is 0 Å². The molecule has 0 amide bonds. The van der Waals surface area contributed by atoms with Crippen LogP contribution >= 0.6 is 0 Å². The molecule has 0 aromatic rings. The van der Waals surface area contributed by atoms with Crippen LogP contribution in [0.1, 0.15) is 52.9 Å². The van der Waals surface area contributed by atoms with Crippen LogP contribution in [0.25, 0.3) is 0 Å². The normalized spacial score (nSPS) is 51.3. The Morgan fingerprint density at radius 3 is 2.78 bits per heavy atom. The smallest absolute Gasteiger partial charge is 0.142 e. The molecule has 0 bridgehead atoms. The Hall–Kier alpha value is -0.630. The predicted molar refractivity (Wildman–Crippen MR) is 71.3 cm³/mol. The highest BCUT2D eigenvalue weighted by molar-refractivity contribution is 5.66. The standard InChI is InChI=1S/C16H24O2/c1-11(6-9-17)12-4-7-15(2)10-14-16(3,18-14)8-5-13(12)15/h6,9,12-14H,4-5,7-8,10H2,1-3H3/b11-6+/t12-,13-,14-,15+,16+/m1/s1. The number of hydrogen-bond acceptors (Lipinski definition) is 2. The minimum absolute atomic E-state index is 0.181. The number of carbonyl (C=O) groups excluding carboxylic acids is 1. The summed E-state index contributed by atoms with van der Waals surface area (Å²) in [5.74, 6) is 1.38. The maximum Gasteiger partial charge on any atom is 0.142 e. The van der Waals surface area contributed by atoms with Crippen LogP contribution in [0.2, 0.25) is 0 Å². The van der Waals surface area contributed by atoms with Gasteiger partial charge in [-0.05, 0) is 69.3 Å². The molecule has 2 saturated carbocycles. The molecule has 2 aliphatic carbocycles. The summed E-state index contributed by atoms with van der Waals surface area (Å²) in [4.78, 5) is 10.7. The number of epoxide rings is 1. The lowest BCUT2D eigenvalue weighted by Crippen LogP contribution is -2.26. The minimum Gasteiger partial charge on any atom is -0.366 e. The zero-order valence-electron chi connectivity index (χ0n) is 11.7. The first-order chi connectivity index (χ1) is 8.48. The van der Waals surface area contributed by atoms with Gasteiger partial charge in [0.2, 0.25) is 0 Å². The highest BCUT2D eigenvalue weighted by Crippen LogP contribution is 2.61. The number of hydrogen-bond donors (Lipinski definition) is 0. The fraction of sp³-hybridized carbons (Fsp3) is 0.812. The van der Waals surface area contributed by atoms with E-state index in [1.807, 2.05) is 0 Å². The van der Waals surface area contributed by atoms with Crippen molar-refractivity contribution in [3.05, 3.63) is 11.6 Å². The van der Waals surface area contributed by atoms with Crippen LogP contribution in [-0.2, 0) is 9.53 Å². The Bertz CT molecular complexity index is 400. The third kappa shape index (κ3) is 1.77. The Kier molecular flexibility index (Phi) is 2.71. The first kappa shape index (κ1) is 12.4. The van der Waals surface area contributed by atoms with Crippen molar-refractivity contribution in [1.29, 1.82) is 0 Å². The Morgan fingerprint density at radius 1 is 1.28 bits per heavy atom. The molecule has 0 aromatic heterocycles. The van der Waals surface area contributed by atoms with Crippen LogP contribution in [0, 0.1) is 17.3 Å². The zero-order chi connectivity index (χ0) is 13.0. The number of aldehydes is 1. The monoisotopic (exact) mass is 248 g/mol. The molecule has 0 N–H and O–H groups in total. The molecule has 3 aliphatic rings. The average molecular weight is 248 g/mol. The van der Waals surface area contributed by atoms with Gasteiger partial charge < -0.3 is 4.74 Å². The first-order valence-corrected chi connectivity index (χ1v) is 7.28. The van der Waals surface area contributed by atoms with Crippen LogP contribution in [0.3, 0.4) is 0 Å². The lowest BCUT2D eigenvalue weighted by Gasteiger charge is -2.33. The molecule has 5 atom stereocenters. The average Bonchev–Trinajstić information content (AvgIpc) is 2.81. The second kappa shape index (κ2) is 3.93. The van der Waals surface area contributed by atoms with E-state index in [1.54, 1.807) is 6.08 Å². The van der Waals surface area contributed by atoms with Crippen LogP contribution in [0.5, 0.6) is 0 Å². The molecule has 100 valence electrons. The SMILES string of the molecule is C/C(=C\C=O)[C@H]1CC[C@@]2(C)C[C@H]3O[C@@]3(C)CC[C@H]12. The van der Waals surface area contributed by atoms with Crippen molar-refractivity contribution in [2.45, 2.75) is 64.6 Å². The number of allylic oxidation sites excluding steroid dienone is 2. The molecule has 0 radical (unpaired) electrons. The highest BCUT2D eigenvalue weighted by atomic mass is 16.6. The van der Waals surface area contributed by atoms with Gasteiger partial charge >= 0.3 is 0 Å². The second-order valence-corrected chi connectivity index (χ2v) is 7.11. The quantitative estimate of drug-likeness (QED) is 0.425. The highest BCUT2D eigenvalue weighted by Gasteiger charge is 2.60. The van der Waals surface area contributed by atoms with Gasteiger partial charge in [-0.2, -0.15) is 0 Å². The number of rotatable bonds is 2. The van der Waals surface area contributed by atoms with E-state index >= 15 is 0 Å². The third-order valence-electron chi connectivity index (χ3n) is 5.96. The van der Waals surface area contributed by atoms with Gasteiger partial charge in [0.05, 0.1) is 11.7 Å². The summed E-state index contributed by atoms with van der Waals surface area (Å²) in [7, 11) is 0. The van der Waals surface area contributed by atoms with Gasteiger partial charge in [-0.25, -0.2) is 0 Å². The molecular formula is C16H24O2. The van der Waals surface area contributed by atoms with Crippen LogP contribution in [0.4, 0.5) is 0 Å². The van der Waals surface area contributed by atoms with E-state index in [0.717, 1.165) is 12.2 Å². The molecule has 2 nitrogen and oxygen atoms in total.